The lowest BCUT2D eigenvalue weighted by Gasteiger charge is -2.14. The zero-order chi connectivity index (χ0) is 19.3. The molecule has 0 fully saturated rings. The van der Waals surface area contributed by atoms with Gasteiger partial charge in [-0.2, -0.15) is 0 Å². The average molecular weight is 355 g/mol. The molecule has 0 aliphatic carbocycles. The molecule has 1 atom stereocenters. The standard InChI is InChI=1S/C19H21N3O4/c1-4-13(3)20-19(24)15-7-5-6-8-16(15)21-18(23)14-9-10-17(22(25)26)12(2)11-14/h5-11,13H,4H2,1-3H3,(H,20,24)(H,21,23)/t13-/m0/s1. The molecule has 0 saturated heterocycles. The molecule has 0 unspecified atom stereocenters. The molecule has 0 spiro atoms. The first-order valence-corrected chi connectivity index (χ1v) is 8.29. The second-order valence-corrected chi connectivity index (χ2v) is 6.04. The Balaban J connectivity index is 2.23. The lowest BCUT2D eigenvalue weighted by Crippen LogP contribution is -2.32. The summed E-state index contributed by atoms with van der Waals surface area (Å²) >= 11 is 0. The number of hydrogen-bond donors (Lipinski definition) is 2. The fraction of sp³-hybridized carbons (Fsp3) is 0.263. The summed E-state index contributed by atoms with van der Waals surface area (Å²) in [5, 5.41) is 16.5. The van der Waals surface area contributed by atoms with E-state index in [2.05, 4.69) is 10.6 Å². The van der Waals surface area contributed by atoms with E-state index in [1.54, 1.807) is 31.2 Å². The normalized spacial score (nSPS) is 11.5. The smallest absolute Gasteiger partial charge is 0.272 e. The summed E-state index contributed by atoms with van der Waals surface area (Å²) in [7, 11) is 0. The fourth-order valence-corrected chi connectivity index (χ4v) is 2.39. The van der Waals surface area contributed by atoms with Gasteiger partial charge in [0.1, 0.15) is 0 Å². The minimum Gasteiger partial charge on any atom is -0.350 e. The monoisotopic (exact) mass is 355 g/mol. The van der Waals surface area contributed by atoms with Gasteiger partial charge in [0.25, 0.3) is 17.5 Å². The van der Waals surface area contributed by atoms with Crippen LogP contribution in [0.4, 0.5) is 11.4 Å². The van der Waals surface area contributed by atoms with Crippen molar-refractivity contribution in [1.29, 1.82) is 0 Å². The highest BCUT2D eigenvalue weighted by molar-refractivity contribution is 6.09. The number of hydrogen-bond acceptors (Lipinski definition) is 4. The molecule has 0 aliphatic rings. The Bertz CT molecular complexity index is 848. The second-order valence-electron chi connectivity index (χ2n) is 6.04. The molecule has 0 bridgehead atoms. The lowest BCUT2D eigenvalue weighted by atomic mass is 10.1. The van der Waals surface area contributed by atoms with Gasteiger partial charge in [0, 0.05) is 23.2 Å². The van der Waals surface area contributed by atoms with Crippen LogP contribution in [0.5, 0.6) is 0 Å². The molecule has 7 nitrogen and oxygen atoms in total. The number of carbonyl (C=O) groups excluding carboxylic acids is 2. The molecule has 7 heteroatoms. The van der Waals surface area contributed by atoms with Gasteiger partial charge in [0.05, 0.1) is 16.2 Å². The second kappa shape index (κ2) is 8.24. The molecule has 0 aliphatic heterocycles. The van der Waals surface area contributed by atoms with E-state index in [0.717, 1.165) is 6.42 Å². The van der Waals surface area contributed by atoms with E-state index < -0.39 is 10.8 Å². The highest BCUT2D eigenvalue weighted by Gasteiger charge is 2.17. The van der Waals surface area contributed by atoms with Crippen LogP contribution in [0.1, 0.15) is 46.5 Å². The number of nitro benzene ring substituents is 1. The Morgan fingerprint density at radius 1 is 1.15 bits per heavy atom. The topological polar surface area (TPSA) is 101 Å². The Morgan fingerprint density at radius 3 is 2.46 bits per heavy atom. The summed E-state index contributed by atoms with van der Waals surface area (Å²) in [6.07, 6.45) is 0.794. The van der Waals surface area contributed by atoms with Crippen molar-refractivity contribution < 1.29 is 14.5 Å². The van der Waals surface area contributed by atoms with Crippen LogP contribution in [0.15, 0.2) is 42.5 Å². The van der Waals surface area contributed by atoms with Crippen LogP contribution in [-0.2, 0) is 0 Å². The molecule has 0 radical (unpaired) electrons. The quantitative estimate of drug-likeness (QED) is 0.609. The van der Waals surface area contributed by atoms with Crippen molar-refractivity contribution in [2.75, 3.05) is 5.32 Å². The van der Waals surface area contributed by atoms with Crippen LogP contribution in [0, 0.1) is 17.0 Å². The predicted octanol–water partition coefficient (Wildman–Crippen LogP) is 3.68. The van der Waals surface area contributed by atoms with Gasteiger partial charge in [-0.25, -0.2) is 0 Å². The summed E-state index contributed by atoms with van der Waals surface area (Å²) < 4.78 is 0. The molecule has 136 valence electrons. The number of anilines is 1. The van der Waals surface area contributed by atoms with Crippen molar-refractivity contribution >= 4 is 23.2 Å². The molecule has 2 amide bonds. The van der Waals surface area contributed by atoms with Gasteiger partial charge in [-0.3, -0.25) is 19.7 Å². The molecule has 0 aromatic heterocycles. The summed E-state index contributed by atoms with van der Waals surface area (Å²) in [5.74, 6) is -0.707. The largest absolute Gasteiger partial charge is 0.350 e. The van der Waals surface area contributed by atoms with Gasteiger partial charge >= 0.3 is 0 Å². The van der Waals surface area contributed by atoms with E-state index in [4.69, 9.17) is 0 Å². The van der Waals surface area contributed by atoms with Crippen LogP contribution in [0.2, 0.25) is 0 Å². The highest BCUT2D eigenvalue weighted by atomic mass is 16.6. The fourth-order valence-electron chi connectivity index (χ4n) is 2.39. The molecular formula is C19H21N3O4. The number of nitrogens with one attached hydrogen (secondary N) is 2. The van der Waals surface area contributed by atoms with E-state index in [9.17, 15) is 19.7 Å². The van der Waals surface area contributed by atoms with Crippen LogP contribution >= 0.6 is 0 Å². The van der Waals surface area contributed by atoms with Crippen molar-refractivity contribution in [3.63, 3.8) is 0 Å². The minimum absolute atomic E-state index is 0.0172. The number of carbonyl (C=O) groups is 2. The third-order valence-electron chi connectivity index (χ3n) is 4.07. The van der Waals surface area contributed by atoms with Gasteiger partial charge < -0.3 is 10.6 Å². The number of rotatable bonds is 6. The van der Waals surface area contributed by atoms with Gasteiger partial charge in [0.2, 0.25) is 0 Å². The zero-order valence-corrected chi connectivity index (χ0v) is 14.9. The first-order valence-electron chi connectivity index (χ1n) is 8.29. The number of amides is 2. The van der Waals surface area contributed by atoms with Gasteiger partial charge in [-0.15, -0.1) is 0 Å². The summed E-state index contributed by atoms with van der Waals surface area (Å²) in [4.78, 5) is 35.3. The van der Waals surface area contributed by atoms with Crippen molar-refractivity contribution in [2.45, 2.75) is 33.2 Å². The molecule has 2 aromatic rings. The SMILES string of the molecule is CC[C@H](C)NC(=O)c1ccccc1NC(=O)c1ccc([N+](=O)[O-])c(C)c1. The third kappa shape index (κ3) is 4.44. The van der Waals surface area contributed by atoms with Crippen LogP contribution in [0.25, 0.3) is 0 Å². The first-order chi connectivity index (χ1) is 12.3. The summed E-state index contributed by atoms with van der Waals surface area (Å²) in [6.45, 7) is 5.44. The molecule has 2 N–H and O–H groups in total. The van der Waals surface area contributed by atoms with Crippen LogP contribution in [-0.4, -0.2) is 22.8 Å². The zero-order valence-electron chi connectivity index (χ0n) is 14.9. The predicted molar refractivity (Wildman–Crippen MR) is 99.4 cm³/mol. The minimum atomic E-state index is -0.494. The number of aryl methyl sites for hydroxylation is 1. The maximum absolute atomic E-state index is 12.5. The average Bonchev–Trinajstić information content (AvgIpc) is 2.61. The maximum atomic E-state index is 12.5. The van der Waals surface area contributed by atoms with Gasteiger partial charge in [-0.05, 0) is 44.5 Å². The van der Waals surface area contributed by atoms with Crippen molar-refractivity contribution in [3.8, 4) is 0 Å². The number of benzene rings is 2. The number of para-hydroxylation sites is 1. The molecule has 0 heterocycles. The lowest BCUT2D eigenvalue weighted by molar-refractivity contribution is -0.385. The third-order valence-corrected chi connectivity index (χ3v) is 4.07. The van der Waals surface area contributed by atoms with Crippen molar-refractivity contribution in [1.82, 2.24) is 5.32 Å². The number of nitro groups is 1. The van der Waals surface area contributed by atoms with Gasteiger partial charge in [0.15, 0.2) is 0 Å². The Labute approximate surface area is 151 Å². The summed E-state index contributed by atoms with van der Waals surface area (Å²) in [6, 6.07) is 10.9. The van der Waals surface area contributed by atoms with Crippen LogP contribution < -0.4 is 10.6 Å². The maximum Gasteiger partial charge on any atom is 0.272 e. The summed E-state index contributed by atoms with van der Waals surface area (Å²) in [5.41, 5.74) is 1.37. The molecule has 0 saturated carbocycles. The van der Waals surface area contributed by atoms with E-state index in [0.29, 0.717) is 16.8 Å². The Morgan fingerprint density at radius 2 is 1.85 bits per heavy atom. The molecule has 2 rings (SSSR count). The van der Waals surface area contributed by atoms with E-state index in [1.165, 1.54) is 18.2 Å². The van der Waals surface area contributed by atoms with Crippen LogP contribution in [0.3, 0.4) is 0 Å². The van der Waals surface area contributed by atoms with Gasteiger partial charge in [-0.1, -0.05) is 19.1 Å². The highest BCUT2D eigenvalue weighted by Crippen LogP contribution is 2.21. The Hall–Kier alpha value is -3.22. The van der Waals surface area contributed by atoms with E-state index in [1.807, 2.05) is 13.8 Å². The molecular weight excluding hydrogens is 334 g/mol. The Kier molecular flexibility index (Phi) is 6.06. The first kappa shape index (κ1) is 19.1. The molecule has 2 aromatic carbocycles. The number of nitrogens with zero attached hydrogens (tertiary/aromatic N) is 1. The van der Waals surface area contributed by atoms with E-state index in [-0.39, 0.29) is 23.2 Å². The molecule has 26 heavy (non-hydrogen) atoms. The van der Waals surface area contributed by atoms with E-state index >= 15 is 0 Å². The van der Waals surface area contributed by atoms with Crippen molar-refractivity contribution in [2.24, 2.45) is 0 Å². The van der Waals surface area contributed by atoms with Crippen molar-refractivity contribution in [3.05, 3.63) is 69.3 Å².